The predicted molar refractivity (Wildman–Crippen MR) is 61.0 cm³/mol. The van der Waals surface area contributed by atoms with Gasteiger partial charge in [0.25, 0.3) is 0 Å². The molecule has 1 fully saturated rings. The molecule has 0 radical (unpaired) electrons. The van der Waals surface area contributed by atoms with E-state index in [1.807, 2.05) is 40.7 Å². The van der Waals surface area contributed by atoms with Gasteiger partial charge in [0.05, 0.1) is 12.2 Å². The molecule has 0 saturated carbocycles. The predicted octanol–water partition coefficient (Wildman–Crippen LogP) is 2.45. The van der Waals surface area contributed by atoms with E-state index < -0.39 is 11.2 Å². The maximum absolute atomic E-state index is 12.0. The molecule has 1 spiro atoms. The highest BCUT2D eigenvalue weighted by Gasteiger charge is 2.50. The summed E-state index contributed by atoms with van der Waals surface area (Å²) in [5, 5.41) is 0. The summed E-state index contributed by atoms with van der Waals surface area (Å²) >= 11 is 0. The van der Waals surface area contributed by atoms with Gasteiger partial charge in [-0.3, -0.25) is 4.79 Å². The number of ketones is 1. The number of carbonyl (C=O) groups is 1. The van der Waals surface area contributed by atoms with Gasteiger partial charge in [0.2, 0.25) is 0 Å². The van der Waals surface area contributed by atoms with E-state index in [4.69, 9.17) is 9.47 Å². The van der Waals surface area contributed by atoms with Gasteiger partial charge in [0.15, 0.2) is 11.6 Å². The summed E-state index contributed by atoms with van der Waals surface area (Å²) < 4.78 is 11.8. The number of allylic oxidation sites excluding steroid dienone is 1. The highest BCUT2D eigenvalue weighted by Crippen LogP contribution is 2.44. The summed E-state index contributed by atoms with van der Waals surface area (Å²) in [7, 11) is 0. The van der Waals surface area contributed by atoms with E-state index in [2.05, 4.69) is 0 Å². The third kappa shape index (κ3) is 1.72. The number of hydrogen-bond acceptors (Lipinski definition) is 3. The van der Waals surface area contributed by atoms with Crippen LogP contribution < -0.4 is 0 Å². The zero-order valence-corrected chi connectivity index (χ0v) is 10.7. The fourth-order valence-electron chi connectivity index (χ4n) is 2.68. The molecule has 3 heteroatoms. The van der Waals surface area contributed by atoms with Gasteiger partial charge in [0, 0.05) is 11.8 Å². The molecule has 0 unspecified atom stereocenters. The van der Waals surface area contributed by atoms with E-state index in [1.165, 1.54) is 0 Å². The lowest BCUT2D eigenvalue weighted by Crippen LogP contribution is -2.43. The molecule has 1 aliphatic heterocycles. The highest BCUT2D eigenvalue weighted by molar-refractivity contribution is 6.00. The Kier molecular flexibility index (Phi) is 2.52. The number of rotatable bonds is 0. The van der Waals surface area contributed by atoms with Crippen LogP contribution in [0, 0.1) is 5.41 Å². The average Bonchev–Trinajstić information content (AvgIpc) is 2.37. The molecule has 1 aliphatic carbocycles. The highest BCUT2D eigenvalue weighted by atomic mass is 16.8. The zero-order chi connectivity index (χ0) is 12.1. The van der Waals surface area contributed by atoms with E-state index in [9.17, 15) is 4.79 Å². The zero-order valence-electron chi connectivity index (χ0n) is 10.7. The molecule has 3 nitrogen and oxygen atoms in total. The quantitative estimate of drug-likeness (QED) is 0.634. The van der Waals surface area contributed by atoms with Crippen molar-refractivity contribution in [3.8, 4) is 0 Å². The number of hydrogen-bond donors (Lipinski definition) is 0. The van der Waals surface area contributed by atoms with E-state index in [-0.39, 0.29) is 18.0 Å². The first kappa shape index (κ1) is 11.8. The minimum atomic E-state index is -0.680. The molecule has 16 heavy (non-hydrogen) atoms. The van der Waals surface area contributed by atoms with Crippen molar-refractivity contribution in [1.29, 1.82) is 0 Å². The topological polar surface area (TPSA) is 35.5 Å². The van der Waals surface area contributed by atoms with Crippen molar-refractivity contribution in [3.63, 3.8) is 0 Å². The molecule has 0 bridgehead atoms. The first-order valence-corrected chi connectivity index (χ1v) is 5.86. The van der Waals surface area contributed by atoms with Crippen LogP contribution in [0.3, 0.4) is 0 Å². The summed E-state index contributed by atoms with van der Waals surface area (Å²) in [5.74, 6) is -0.488. The van der Waals surface area contributed by atoms with Gasteiger partial charge >= 0.3 is 0 Å². The molecule has 2 rings (SSSR count). The molecule has 0 aromatic carbocycles. The molecular formula is C13H20O3. The van der Waals surface area contributed by atoms with Crippen LogP contribution in [0.2, 0.25) is 0 Å². The Balaban J connectivity index is 2.35. The molecule has 0 aromatic heterocycles. The molecule has 0 amide bonds. The van der Waals surface area contributed by atoms with Crippen LogP contribution in [-0.2, 0) is 14.3 Å². The lowest BCUT2D eigenvalue weighted by atomic mass is 9.74. The second-order valence-electron chi connectivity index (χ2n) is 5.67. The standard InChI is InChI=1S/C13H20O3/c1-8-6-13(7-12(4,5)11(8)14)15-9(2)10(3)16-13/h6,9-10H,7H2,1-5H3/t9-,10-/m0/s1. The van der Waals surface area contributed by atoms with Crippen LogP contribution >= 0.6 is 0 Å². The van der Waals surface area contributed by atoms with E-state index in [1.54, 1.807) is 0 Å². The Labute approximate surface area is 96.8 Å². The lowest BCUT2D eigenvalue weighted by Gasteiger charge is -2.38. The third-order valence-electron chi connectivity index (χ3n) is 3.53. The van der Waals surface area contributed by atoms with Crippen LogP contribution in [0.1, 0.15) is 41.0 Å². The minimum Gasteiger partial charge on any atom is -0.341 e. The Bertz CT molecular complexity index is 344. The molecule has 0 N–H and O–H groups in total. The number of ether oxygens (including phenoxy) is 2. The van der Waals surface area contributed by atoms with Gasteiger partial charge in [-0.25, -0.2) is 0 Å². The van der Waals surface area contributed by atoms with Crippen molar-refractivity contribution in [2.45, 2.75) is 59.0 Å². The van der Waals surface area contributed by atoms with Gasteiger partial charge in [0.1, 0.15) is 0 Å². The Hall–Kier alpha value is -0.670. The van der Waals surface area contributed by atoms with Crippen LogP contribution in [0.4, 0.5) is 0 Å². The smallest absolute Gasteiger partial charge is 0.190 e. The summed E-state index contributed by atoms with van der Waals surface area (Å²) in [6.07, 6.45) is 2.60. The van der Waals surface area contributed by atoms with Gasteiger partial charge in [-0.1, -0.05) is 13.8 Å². The molecule has 1 saturated heterocycles. The van der Waals surface area contributed by atoms with Crippen molar-refractivity contribution in [2.24, 2.45) is 5.41 Å². The van der Waals surface area contributed by atoms with Gasteiger partial charge in [-0.05, 0) is 32.4 Å². The van der Waals surface area contributed by atoms with Crippen LogP contribution in [0.25, 0.3) is 0 Å². The van der Waals surface area contributed by atoms with Gasteiger partial charge < -0.3 is 9.47 Å². The largest absolute Gasteiger partial charge is 0.341 e. The summed E-state index contributed by atoms with van der Waals surface area (Å²) in [6, 6.07) is 0. The first-order valence-electron chi connectivity index (χ1n) is 5.86. The summed E-state index contributed by atoms with van der Waals surface area (Å²) in [5.41, 5.74) is 0.348. The fourth-order valence-corrected chi connectivity index (χ4v) is 2.68. The van der Waals surface area contributed by atoms with Crippen molar-refractivity contribution in [3.05, 3.63) is 11.6 Å². The van der Waals surface area contributed by atoms with Crippen LogP contribution in [0.15, 0.2) is 11.6 Å². The van der Waals surface area contributed by atoms with Crippen molar-refractivity contribution < 1.29 is 14.3 Å². The van der Waals surface area contributed by atoms with Crippen molar-refractivity contribution >= 4 is 5.78 Å². The fraction of sp³-hybridized carbons (Fsp3) is 0.769. The van der Waals surface area contributed by atoms with Gasteiger partial charge in [-0.2, -0.15) is 0 Å². The lowest BCUT2D eigenvalue weighted by molar-refractivity contribution is -0.167. The summed E-state index contributed by atoms with van der Waals surface area (Å²) in [4.78, 5) is 12.0. The molecule has 0 aromatic rings. The third-order valence-corrected chi connectivity index (χ3v) is 3.53. The van der Waals surface area contributed by atoms with E-state index in [0.29, 0.717) is 6.42 Å². The molecular weight excluding hydrogens is 204 g/mol. The van der Waals surface area contributed by atoms with Crippen molar-refractivity contribution in [2.75, 3.05) is 0 Å². The average molecular weight is 224 g/mol. The van der Waals surface area contributed by atoms with E-state index in [0.717, 1.165) is 5.57 Å². The Morgan fingerprint density at radius 1 is 1.25 bits per heavy atom. The summed E-state index contributed by atoms with van der Waals surface area (Å²) in [6.45, 7) is 9.76. The van der Waals surface area contributed by atoms with Gasteiger partial charge in [-0.15, -0.1) is 0 Å². The molecule has 2 atom stereocenters. The Morgan fingerprint density at radius 3 is 2.19 bits per heavy atom. The first-order chi connectivity index (χ1) is 7.26. The maximum atomic E-state index is 12.0. The normalized spacial score (nSPS) is 36.6. The minimum absolute atomic E-state index is 0.0769. The second kappa shape index (κ2) is 3.41. The monoisotopic (exact) mass is 224 g/mol. The second-order valence-corrected chi connectivity index (χ2v) is 5.67. The molecule has 1 heterocycles. The molecule has 90 valence electrons. The SMILES string of the molecule is CC1=CC2(CC(C)(C)C1=O)O[C@@H](C)[C@H](C)O2. The Morgan fingerprint density at radius 2 is 1.75 bits per heavy atom. The van der Waals surface area contributed by atoms with Crippen molar-refractivity contribution in [1.82, 2.24) is 0 Å². The number of Topliss-reactive ketones (excluding diaryl/α,β-unsaturated/α-hetero) is 1. The maximum Gasteiger partial charge on any atom is 0.190 e. The van der Waals surface area contributed by atoms with E-state index >= 15 is 0 Å². The van der Waals surface area contributed by atoms with Crippen LogP contribution in [0.5, 0.6) is 0 Å². The van der Waals surface area contributed by atoms with Crippen LogP contribution in [-0.4, -0.2) is 23.8 Å². The number of carbonyl (C=O) groups excluding carboxylic acids is 1. The molecule has 2 aliphatic rings.